The van der Waals surface area contributed by atoms with Gasteiger partial charge in [-0.1, -0.05) is 18.3 Å². The Kier molecular flexibility index (Phi) is 4.43. The minimum Gasteiger partial charge on any atom is -0.486 e. The maximum Gasteiger partial charge on any atom is 0.275 e. The highest BCUT2D eigenvalue weighted by Crippen LogP contribution is 2.18. The van der Waals surface area contributed by atoms with Crippen molar-refractivity contribution < 1.29 is 9.53 Å². The second-order valence-corrected chi connectivity index (χ2v) is 4.85. The Morgan fingerprint density at radius 1 is 1.53 bits per heavy atom. The normalized spacial score (nSPS) is 9.89. The molecule has 0 aliphatic rings. The molecule has 1 amide bonds. The second-order valence-electron chi connectivity index (χ2n) is 3.61. The van der Waals surface area contributed by atoms with E-state index in [1.54, 1.807) is 35.2 Å². The van der Waals surface area contributed by atoms with E-state index >= 15 is 0 Å². The number of ether oxygens (including phenoxy) is 1. The number of anilines is 1. The Bertz CT molecular complexity index is 584. The van der Waals surface area contributed by atoms with E-state index in [9.17, 15) is 4.79 Å². The van der Waals surface area contributed by atoms with Gasteiger partial charge in [0.15, 0.2) is 0 Å². The van der Waals surface area contributed by atoms with Crippen molar-refractivity contribution in [3.8, 4) is 5.75 Å². The number of aromatic nitrogens is 1. The topological polar surface area (TPSA) is 77.2 Å². The summed E-state index contributed by atoms with van der Waals surface area (Å²) in [5.41, 5.74) is 7.97. The largest absolute Gasteiger partial charge is 0.486 e. The molecule has 0 bridgehead atoms. The molecular weight excluding hydrogens is 282 g/mol. The van der Waals surface area contributed by atoms with Crippen molar-refractivity contribution in [2.75, 3.05) is 11.9 Å². The van der Waals surface area contributed by atoms with Crippen LogP contribution in [0.1, 0.15) is 10.5 Å². The molecule has 3 N–H and O–H groups in total. The van der Waals surface area contributed by atoms with Gasteiger partial charge in [-0.15, -0.1) is 11.3 Å². The molecule has 0 fully saturated rings. The summed E-state index contributed by atoms with van der Waals surface area (Å²) in [5, 5.41) is 4.42. The van der Waals surface area contributed by atoms with Crippen LogP contribution in [-0.4, -0.2) is 22.5 Å². The Balaban J connectivity index is 2.02. The number of hydrogen-bond acceptors (Lipinski definition) is 5. The minimum absolute atomic E-state index is 0.165. The van der Waals surface area contributed by atoms with Crippen LogP contribution in [-0.2, 0) is 0 Å². The van der Waals surface area contributed by atoms with Crippen LogP contribution in [0.3, 0.4) is 0 Å². The minimum atomic E-state index is -0.257. The zero-order valence-electron chi connectivity index (χ0n) is 9.83. The van der Waals surface area contributed by atoms with Crippen LogP contribution in [0, 0.1) is 0 Å². The first-order valence-electron chi connectivity index (χ1n) is 5.36. The highest BCUT2D eigenvalue weighted by molar-refractivity contribution is 7.80. The summed E-state index contributed by atoms with van der Waals surface area (Å²) in [6.45, 7) is 0.165. The Labute approximate surface area is 119 Å². The van der Waals surface area contributed by atoms with E-state index in [2.05, 4.69) is 10.3 Å². The van der Waals surface area contributed by atoms with Gasteiger partial charge in [-0.05, 0) is 12.1 Å². The number of carbonyl (C=O) groups is 1. The van der Waals surface area contributed by atoms with E-state index in [0.717, 1.165) is 0 Å². The van der Waals surface area contributed by atoms with Crippen molar-refractivity contribution in [1.29, 1.82) is 0 Å². The maximum absolute atomic E-state index is 11.8. The van der Waals surface area contributed by atoms with Gasteiger partial charge in [-0.3, -0.25) is 4.79 Å². The van der Waals surface area contributed by atoms with Gasteiger partial charge < -0.3 is 15.8 Å². The third kappa shape index (κ3) is 4.01. The van der Waals surface area contributed by atoms with E-state index in [1.165, 1.54) is 11.3 Å². The molecule has 1 aromatic heterocycles. The lowest BCUT2D eigenvalue weighted by atomic mass is 10.3. The molecule has 0 unspecified atom stereocenters. The highest BCUT2D eigenvalue weighted by Gasteiger charge is 2.08. The summed E-state index contributed by atoms with van der Waals surface area (Å²) in [5.74, 6) is 0.330. The quantitative estimate of drug-likeness (QED) is 0.825. The number of hydrogen-bond donors (Lipinski definition) is 2. The molecule has 2 rings (SSSR count). The fourth-order valence-electron chi connectivity index (χ4n) is 1.34. The van der Waals surface area contributed by atoms with Gasteiger partial charge in [0.25, 0.3) is 5.91 Å². The van der Waals surface area contributed by atoms with E-state index in [0.29, 0.717) is 17.1 Å². The Morgan fingerprint density at radius 2 is 2.37 bits per heavy atom. The first-order chi connectivity index (χ1) is 9.15. The van der Waals surface area contributed by atoms with Crippen molar-refractivity contribution in [2.45, 2.75) is 0 Å². The number of nitrogens with two attached hydrogens (primary N) is 1. The highest BCUT2D eigenvalue weighted by atomic mass is 32.1. The van der Waals surface area contributed by atoms with Crippen molar-refractivity contribution in [3.63, 3.8) is 0 Å². The molecule has 98 valence electrons. The SMILES string of the molecule is NC(=S)COc1cccc(NC(=O)c2cscn2)c1. The van der Waals surface area contributed by atoms with Crippen LogP contribution in [0.25, 0.3) is 0 Å². The molecule has 2 aromatic rings. The number of nitrogens with one attached hydrogen (secondary N) is 1. The molecule has 0 radical (unpaired) electrons. The Morgan fingerprint density at radius 3 is 3.05 bits per heavy atom. The van der Waals surface area contributed by atoms with Crippen LogP contribution >= 0.6 is 23.6 Å². The zero-order valence-corrected chi connectivity index (χ0v) is 11.5. The average Bonchev–Trinajstić information content (AvgIpc) is 2.91. The number of rotatable bonds is 5. The van der Waals surface area contributed by atoms with Gasteiger partial charge in [-0.25, -0.2) is 4.98 Å². The molecule has 5 nitrogen and oxygen atoms in total. The maximum atomic E-state index is 11.8. The summed E-state index contributed by atoms with van der Waals surface area (Å²) in [6, 6.07) is 6.99. The molecule has 0 aliphatic carbocycles. The van der Waals surface area contributed by atoms with E-state index < -0.39 is 0 Å². The van der Waals surface area contributed by atoms with Crippen molar-refractivity contribution in [2.24, 2.45) is 5.73 Å². The summed E-state index contributed by atoms with van der Waals surface area (Å²) >= 11 is 6.10. The summed E-state index contributed by atoms with van der Waals surface area (Å²) in [7, 11) is 0. The standard InChI is InChI=1S/C12H11N3O2S2/c13-11(18)5-17-9-3-1-2-8(4-9)15-12(16)10-6-19-7-14-10/h1-4,6-7H,5H2,(H2,13,18)(H,15,16). The molecule has 7 heteroatoms. The van der Waals surface area contributed by atoms with Crippen LogP contribution in [0.4, 0.5) is 5.69 Å². The van der Waals surface area contributed by atoms with Gasteiger partial charge in [-0.2, -0.15) is 0 Å². The monoisotopic (exact) mass is 293 g/mol. The predicted octanol–water partition coefficient (Wildman–Crippen LogP) is 2.06. The van der Waals surface area contributed by atoms with E-state index in [4.69, 9.17) is 22.7 Å². The van der Waals surface area contributed by atoms with Crippen LogP contribution in [0.5, 0.6) is 5.75 Å². The molecule has 1 heterocycles. The van der Waals surface area contributed by atoms with Crippen LogP contribution in [0.15, 0.2) is 35.2 Å². The summed E-state index contributed by atoms with van der Waals surface area (Å²) in [6.07, 6.45) is 0. The lowest BCUT2D eigenvalue weighted by Gasteiger charge is -2.07. The number of nitrogens with zero attached hydrogens (tertiary/aromatic N) is 1. The fraction of sp³-hybridized carbons (Fsp3) is 0.0833. The molecule has 19 heavy (non-hydrogen) atoms. The van der Waals surface area contributed by atoms with Gasteiger partial charge in [0.1, 0.15) is 23.0 Å². The average molecular weight is 293 g/mol. The lowest BCUT2D eigenvalue weighted by molar-refractivity contribution is 0.102. The first kappa shape index (κ1) is 13.4. The van der Waals surface area contributed by atoms with Gasteiger partial charge in [0.05, 0.1) is 5.51 Å². The molecule has 1 aromatic carbocycles. The Hall–Kier alpha value is -1.99. The number of carbonyl (C=O) groups excluding carboxylic acids is 1. The lowest BCUT2D eigenvalue weighted by Crippen LogP contribution is -2.18. The third-order valence-electron chi connectivity index (χ3n) is 2.14. The van der Waals surface area contributed by atoms with Crippen molar-refractivity contribution in [3.05, 3.63) is 40.8 Å². The van der Waals surface area contributed by atoms with E-state index in [-0.39, 0.29) is 17.5 Å². The molecule has 0 aliphatic heterocycles. The van der Waals surface area contributed by atoms with Crippen molar-refractivity contribution in [1.82, 2.24) is 4.98 Å². The predicted molar refractivity (Wildman–Crippen MR) is 78.8 cm³/mol. The van der Waals surface area contributed by atoms with Crippen LogP contribution in [0.2, 0.25) is 0 Å². The summed E-state index contributed by atoms with van der Waals surface area (Å²) < 4.78 is 5.35. The molecule has 0 saturated carbocycles. The third-order valence-corrected chi connectivity index (χ3v) is 2.84. The number of thiazole rings is 1. The molecular formula is C12H11N3O2S2. The zero-order chi connectivity index (χ0) is 13.7. The molecule has 0 atom stereocenters. The smallest absolute Gasteiger partial charge is 0.275 e. The fourth-order valence-corrected chi connectivity index (χ4v) is 1.93. The van der Waals surface area contributed by atoms with E-state index in [1.807, 2.05) is 0 Å². The number of amides is 1. The van der Waals surface area contributed by atoms with Gasteiger partial charge >= 0.3 is 0 Å². The number of thiocarbonyl (C=S) groups is 1. The molecule has 0 spiro atoms. The first-order valence-corrected chi connectivity index (χ1v) is 6.71. The van der Waals surface area contributed by atoms with Crippen LogP contribution < -0.4 is 15.8 Å². The number of benzene rings is 1. The van der Waals surface area contributed by atoms with Crippen molar-refractivity contribution >= 4 is 40.1 Å². The van der Waals surface area contributed by atoms with Gasteiger partial charge in [0.2, 0.25) is 0 Å². The summed E-state index contributed by atoms with van der Waals surface area (Å²) in [4.78, 5) is 16.0. The second kappa shape index (κ2) is 6.26. The van der Waals surface area contributed by atoms with Gasteiger partial charge in [0, 0.05) is 17.1 Å². The molecule has 0 saturated heterocycles.